The summed E-state index contributed by atoms with van der Waals surface area (Å²) in [5.41, 5.74) is -0.766. The SMILES string of the molecule is CC(OS(C)=O)c1ccccc1C(F)(F)F. The maximum absolute atomic E-state index is 12.6. The molecule has 90 valence electrons. The summed E-state index contributed by atoms with van der Waals surface area (Å²) in [4.78, 5) is 0. The van der Waals surface area contributed by atoms with Crippen molar-refractivity contribution in [3.63, 3.8) is 0 Å². The molecule has 0 amide bonds. The standard InChI is InChI=1S/C10H11F3O2S/c1-7(15-16(2)14)8-5-3-4-6-9(8)10(11,12)13/h3-7H,1-2H3. The maximum atomic E-state index is 12.6. The number of alkyl halides is 3. The van der Waals surface area contributed by atoms with Gasteiger partial charge in [-0.2, -0.15) is 13.2 Å². The lowest BCUT2D eigenvalue weighted by Gasteiger charge is -2.17. The van der Waals surface area contributed by atoms with Gasteiger partial charge in [-0.15, -0.1) is 0 Å². The second-order valence-corrected chi connectivity index (χ2v) is 4.22. The van der Waals surface area contributed by atoms with Gasteiger partial charge in [0.15, 0.2) is 11.1 Å². The molecule has 16 heavy (non-hydrogen) atoms. The van der Waals surface area contributed by atoms with E-state index >= 15 is 0 Å². The minimum atomic E-state index is -4.43. The first kappa shape index (κ1) is 13.2. The number of benzene rings is 1. The maximum Gasteiger partial charge on any atom is 0.416 e. The Bertz CT molecular complexity index is 390. The highest BCUT2D eigenvalue weighted by Crippen LogP contribution is 2.35. The van der Waals surface area contributed by atoms with E-state index in [2.05, 4.69) is 0 Å². The van der Waals surface area contributed by atoms with Crippen molar-refractivity contribution in [1.82, 2.24) is 0 Å². The number of rotatable bonds is 3. The highest BCUT2D eigenvalue weighted by molar-refractivity contribution is 7.79. The molecule has 2 atom stereocenters. The van der Waals surface area contributed by atoms with E-state index in [-0.39, 0.29) is 5.56 Å². The van der Waals surface area contributed by atoms with E-state index in [1.807, 2.05) is 0 Å². The monoisotopic (exact) mass is 252 g/mol. The summed E-state index contributed by atoms with van der Waals surface area (Å²) in [6, 6.07) is 5.10. The summed E-state index contributed by atoms with van der Waals surface area (Å²) in [6.45, 7) is 1.44. The molecule has 0 aliphatic rings. The van der Waals surface area contributed by atoms with Gasteiger partial charge in [-0.25, -0.2) is 4.21 Å². The highest BCUT2D eigenvalue weighted by Gasteiger charge is 2.34. The molecule has 0 heterocycles. The Morgan fingerprint density at radius 1 is 1.31 bits per heavy atom. The van der Waals surface area contributed by atoms with Gasteiger partial charge in [0.2, 0.25) is 0 Å². The van der Waals surface area contributed by atoms with Crippen LogP contribution in [-0.2, 0) is 21.4 Å². The molecule has 0 saturated heterocycles. The second kappa shape index (κ2) is 4.97. The van der Waals surface area contributed by atoms with Crippen LogP contribution in [0, 0.1) is 0 Å². The molecule has 6 heteroatoms. The average molecular weight is 252 g/mol. The molecule has 1 rings (SSSR count). The Balaban J connectivity index is 3.08. The van der Waals surface area contributed by atoms with E-state index in [1.165, 1.54) is 31.4 Å². The molecule has 0 N–H and O–H groups in total. The zero-order valence-electron chi connectivity index (χ0n) is 8.75. The number of hydrogen-bond donors (Lipinski definition) is 0. The third-order valence-corrected chi connectivity index (χ3v) is 2.54. The van der Waals surface area contributed by atoms with Crippen LogP contribution in [0.4, 0.5) is 13.2 Å². The topological polar surface area (TPSA) is 26.3 Å². The summed E-state index contributed by atoms with van der Waals surface area (Å²) in [6.07, 6.45) is -4.01. The zero-order chi connectivity index (χ0) is 12.3. The largest absolute Gasteiger partial charge is 0.416 e. The molecule has 0 bridgehead atoms. The summed E-state index contributed by atoms with van der Waals surface area (Å²) < 4.78 is 53.5. The van der Waals surface area contributed by atoms with Crippen LogP contribution in [0.5, 0.6) is 0 Å². The van der Waals surface area contributed by atoms with Gasteiger partial charge in [-0.1, -0.05) is 18.2 Å². The first-order chi connectivity index (χ1) is 7.32. The van der Waals surface area contributed by atoms with Gasteiger partial charge in [0.1, 0.15) is 0 Å². The van der Waals surface area contributed by atoms with Crippen molar-refractivity contribution < 1.29 is 21.6 Å². The summed E-state index contributed by atoms with van der Waals surface area (Å²) >= 11 is -1.60. The van der Waals surface area contributed by atoms with Crippen LogP contribution >= 0.6 is 0 Å². The fourth-order valence-electron chi connectivity index (χ4n) is 1.36. The van der Waals surface area contributed by atoms with Crippen molar-refractivity contribution in [3.8, 4) is 0 Å². The smallest absolute Gasteiger partial charge is 0.283 e. The third kappa shape index (κ3) is 3.31. The average Bonchev–Trinajstić information content (AvgIpc) is 2.15. The van der Waals surface area contributed by atoms with Crippen LogP contribution in [0.1, 0.15) is 24.2 Å². The molecule has 0 fully saturated rings. The van der Waals surface area contributed by atoms with Gasteiger partial charge in [0.25, 0.3) is 0 Å². The predicted octanol–water partition coefficient (Wildman–Crippen LogP) is 3.08. The Morgan fingerprint density at radius 2 is 1.88 bits per heavy atom. The molecular formula is C10H11F3O2S. The quantitative estimate of drug-likeness (QED) is 0.826. The van der Waals surface area contributed by atoms with E-state index in [1.54, 1.807) is 0 Å². The van der Waals surface area contributed by atoms with Crippen molar-refractivity contribution in [2.45, 2.75) is 19.2 Å². The van der Waals surface area contributed by atoms with E-state index in [9.17, 15) is 17.4 Å². The highest BCUT2D eigenvalue weighted by atomic mass is 32.2. The first-order valence-corrected chi connectivity index (χ1v) is 5.97. The number of halogens is 3. The Kier molecular flexibility index (Phi) is 4.09. The Labute approximate surface area is 94.1 Å². The molecule has 0 aliphatic heterocycles. The molecule has 1 aromatic carbocycles. The predicted molar refractivity (Wildman–Crippen MR) is 55.0 cm³/mol. The Hall–Kier alpha value is -0.880. The lowest BCUT2D eigenvalue weighted by atomic mass is 10.0. The van der Waals surface area contributed by atoms with Crippen molar-refractivity contribution >= 4 is 11.1 Å². The normalized spacial score (nSPS) is 15.8. The van der Waals surface area contributed by atoms with Crippen LogP contribution in [0.3, 0.4) is 0 Å². The molecule has 2 nitrogen and oxygen atoms in total. The molecule has 0 aliphatic carbocycles. The summed E-state index contributed by atoms with van der Waals surface area (Å²) in [5, 5.41) is 0. The molecular weight excluding hydrogens is 241 g/mol. The van der Waals surface area contributed by atoms with Gasteiger partial charge in [-0.3, -0.25) is 4.18 Å². The molecule has 0 saturated carbocycles. The molecule has 0 radical (unpaired) electrons. The van der Waals surface area contributed by atoms with E-state index < -0.39 is 28.9 Å². The second-order valence-electron chi connectivity index (χ2n) is 3.22. The van der Waals surface area contributed by atoms with Crippen molar-refractivity contribution in [2.75, 3.05) is 6.26 Å². The minimum Gasteiger partial charge on any atom is -0.283 e. The van der Waals surface area contributed by atoms with Crippen molar-refractivity contribution in [1.29, 1.82) is 0 Å². The van der Waals surface area contributed by atoms with Crippen LogP contribution < -0.4 is 0 Å². The van der Waals surface area contributed by atoms with Gasteiger partial charge >= 0.3 is 6.18 Å². The Morgan fingerprint density at radius 3 is 2.38 bits per heavy atom. The van der Waals surface area contributed by atoms with Crippen LogP contribution in [0.25, 0.3) is 0 Å². The van der Waals surface area contributed by atoms with Crippen molar-refractivity contribution in [2.24, 2.45) is 0 Å². The number of hydrogen-bond acceptors (Lipinski definition) is 2. The van der Waals surface area contributed by atoms with Gasteiger partial charge < -0.3 is 0 Å². The lowest BCUT2D eigenvalue weighted by Crippen LogP contribution is -2.12. The molecule has 1 aromatic rings. The lowest BCUT2D eigenvalue weighted by molar-refractivity contribution is -0.138. The van der Waals surface area contributed by atoms with Gasteiger partial charge in [0, 0.05) is 6.26 Å². The fourth-order valence-corrected chi connectivity index (χ4v) is 1.87. The van der Waals surface area contributed by atoms with Crippen LogP contribution in [0.15, 0.2) is 24.3 Å². The van der Waals surface area contributed by atoms with Gasteiger partial charge in [-0.05, 0) is 18.6 Å². The first-order valence-electron chi connectivity index (χ1n) is 4.49. The van der Waals surface area contributed by atoms with E-state index in [0.717, 1.165) is 6.07 Å². The summed E-state index contributed by atoms with van der Waals surface area (Å²) in [5.74, 6) is 0. The fraction of sp³-hybridized carbons (Fsp3) is 0.400. The molecule has 0 aromatic heterocycles. The van der Waals surface area contributed by atoms with E-state index in [4.69, 9.17) is 4.18 Å². The summed E-state index contributed by atoms with van der Waals surface area (Å²) in [7, 11) is 0. The molecule has 0 spiro atoms. The minimum absolute atomic E-state index is 0.00907. The van der Waals surface area contributed by atoms with Crippen LogP contribution in [0.2, 0.25) is 0 Å². The third-order valence-electron chi connectivity index (χ3n) is 1.98. The molecule has 2 unspecified atom stereocenters. The van der Waals surface area contributed by atoms with Crippen LogP contribution in [-0.4, -0.2) is 10.5 Å². The van der Waals surface area contributed by atoms with Crippen molar-refractivity contribution in [3.05, 3.63) is 35.4 Å². The van der Waals surface area contributed by atoms with E-state index in [0.29, 0.717) is 0 Å². The van der Waals surface area contributed by atoms with Gasteiger partial charge in [0.05, 0.1) is 11.7 Å². The zero-order valence-corrected chi connectivity index (χ0v) is 9.56.